The van der Waals surface area contributed by atoms with Gasteiger partial charge in [-0.15, -0.1) is 12.4 Å². The van der Waals surface area contributed by atoms with Gasteiger partial charge in [-0.05, 0) is 23.8 Å². The summed E-state index contributed by atoms with van der Waals surface area (Å²) in [5.41, 5.74) is 7.94. The first-order chi connectivity index (χ1) is 12.8. The molecule has 4 nitrogen and oxygen atoms in total. The smallest absolute Gasteiger partial charge is 0.330 e. The lowest BCUT2D eigenvalue weighted by molar-refractivity contribution is -0.137. The molecule has 0 aliphatic carbocycles. The molecule has 1 aliphatic heterocycles. The zero-order valence-electron chi connectivity index (χ0n) is 15.4. The molecule has 0 amide bonds. The number of hydrogen-bond acceptors (Lipinski definition) is 3. The minimum Gasteiger partial charge on any atom is -0.330 e. The Morgan fingerprint density at radius 1 is 1.11 bits per heavy atom. The maximum Gasteiger partial charge on any atom is 0.416 e. The van der Waals surface area contributed by atoms with Crippen molar-refractivity contribution in [2.45, 2.75) is 24.7 Å². The van der Waals surface area contributed by atoms with Gasteiger partial charge in [0.05, 0.1) is 23.1 Å². The lowest BCUT2D eigenvalue weighted by Crippen LogP contribution is -2.29. The van der Waals surface area contributed by atoms with Crippen molar-refractivity contribution in [3.63, 3.8) is 0 Å². The van der Waals surface area contributed by atoms with Crippen molar-refractivity contribution in [1.82, 2.24) is 14.5 Å². The van der Waals surface area contributed by atoms with E-state index >= 15 is 0 Å². The highest BCUT2D eigenvalue weighted by Gasteiger charge is 2.33. The molecule has 2 atom stereocenters. The Labute approximate surface area is 167 Å². The zero-order chi connectivity index (χ0) is 19.2. The third-order valence-electron chi connectivity index (χ3n) is 5.33. The van der Waals surface area contributed by atoms with Crippen molar-refractivity contribution in [3.05, 3.63) is 65.5 Å². The van der Waals surface area contributed by atoms with Crippen LogP contribution in [0.15, 0.2) is 48.5 Å². The summed E-state index contributed by atoms with van der Waals surface area (Å²) in [4.78, 5) is 6.67. The SMILES string of the molecule is Cl.Cn1c(CN2C[C@@H](N)[C@H](c3ccccc3)C2)nc2cc(C(F)(F)F)ccc21. The van der Waals surface area contributed by atoms with Gasteiger partial charge in [-0.25, -0.2) is 4.98 Å². The summed E-state index contributed by atoms with van der Waals surface area (Å²) in [7, 11) is 1.84. The number of fused-ring (bicyclic) bond motifs is 1. The number of nitrogens with zero attached hydrogens (tertiary/aromatic N) is 3. The van der Waals surface area contributed by atoms with E-state index in [9.17, 15) is 13.2 Å². The van der Waals surface area contributed by atoms with Gasteiger partial charge in [0.15, 0.2) is 0 Å². The van der Waals surface area contributed by atoms with Crippen LogP contribution in [0.3, 0.4) is 0 Å². The fourth-order valence-electron chi connectivity index (χ4n) is 3.86. The summed E-state index contributed by atoms with van der Waals surface area (Å²) in [5.74, 6) is 0.989. The highest BCUT2D eigenvalue weighted by Crippen LogP contribution is 2.32. The van der Waals surface area contributed by atoms with Crippen LogP contribution in [0.1, 0.15) is 22.9 Å². The van der Waals surface area contributed by atoms with Crippen LogP contribution in [-0.4, -0.2) is 33.6 Å². The molecule has 1 aromatic heterocycles. The van der Waals surface area contributed by atoms with E-state index in [-0.39, 0.29) is 24.4 Å². The number of hydrogen-bond donors (Lipinski definition) is 1. The second kappa shape index (κ2) is 7.73. The second-order valence-electron chi connectivity index (χ2n) is 7.16. The van der Waals surface area contributed by atoms with Gasteiger partial charge >= 0.3 is 6.18 Å². The molecule has 1 saturated heterocycles. The van der Waals surface area contributed by atoms with E-state index in [2.05, 4.69) is 22.0 Å². The molecule has 150 valence electrons. The molecular formula is C20H22ClF3N4. The number of imidazole rings is 1. The Balaban J connectivity index is 0.00000225. The number of nitrogens with two attached hydrogens (primary N) is 1. The number of alkyl halides is 3. The predicted octanol–water partition coefficient (Wildman–Crippen LogP) is 3.94. The first-order valence-electron chi connectivity index (χ1n) is 8.88. The van der Waals surface area contributed by atoms with E-state index in [1.165, 1.54) is 11.6 Å². The minimum atomic E-state index is -4.36. The quantitative estimate of drug-likeness (QED) is 0.711. The summed E-state index contributed by atoms with van der Waals surface area (Å²) >= 11 is 0. The Bertz CT molecular complexity index is 955. The predicted molar refractivity (Wildman–Crippen MR) is 105 cm³/mol. The number of benzene rings is 2. The Hall–Kier alpha value is -2.09. The van der Waals surface area contributed by atoms with Crippen LogP contribution >= 0.6 is 12.4 Å². The lowest BCUT2D eigenvalue weighted by atomic mass is 9.95. The normalized spacial score (nSPS) is 20.5. The molecule has 2 N–H and O–H groups in total. The molecule has 28 heavy (non-hydrogen) atoms. The largest absolute Gasteiger partial charge is 0.416 e. The molecule has 0 saturated carbocycles. The molecular weight excluding hydrogens is 389 g/mol. The van der Waals surface area contributed by atoms with Crippen molar-refractivity contribution in [3.8, 4) is 0 Å². The van der Waals surface area contributed by atoms with E-state index in [4.69, 9.17) is 5.73 Å². The van der Waals surface area contributed by atoms with Crippen LogP contribution in [0.4, 0.5) is 13.2 Å². The summed E-state index contributed by atoms with van der Waals surface area (Å²) < 4.78 is 40.7. The molecule has 0 spiro atoms. The summed E-state index contributed by atoms with van der Waals surface area (Å²) in [6, 6.07) is 13.9. The average Bonchev–Trinajstić information content (AvgIpc) is 3.15. The number of aryl methyl sites for hydroxylation is 1. The summed E-state index contributed by atoms with van der Waals surface area (Å²) in [6.07, 6.45) is -4.36. The lowest BCUT2D eigenvalue weighted by Gasteiger charge is -2.16. The van der Waals surface area contributed by atoms with Gasteiger partial charge < -0.3 is 10.3 Å². The fraction of sp³-hybridized carbons (Fsp3) is 0.350. The number of halogens is 4. The van der Waals surface area contributed by atoms with E-state index in [0.717, 1.165) is 31.0 Å². The van der Waals surface area contributed by atoms with E-state index in [0.29, 0.717) is 17.6 Å². The Kier molecular flexibility index (Phi) is 5.70. The summed E-state index contributed by atoms with van der Waals surface area (Å²) in [6.45, 7) is 2.10. The van der Waals surface area contributed by atoms with Crippen molar-refractivity contribution in [2.24, 2.45) is 12.8 Å². The van der Waals surface area contributed by atoms with Crippen LogP contribution in [0, 0.1) is 0 Å². The van der Waals surface area contributed by atoms with Gasteiger partial charge in [0.25, 0.3) is 0 Å². The molecule has 0 radical (unpaired) electrons. The maximum atomic E-state index is 12.9. The Morgan fingerprint density at radius 3 is 2.50 bits per heavy atom. The number of likely N-dealkylation sites (tertiary alicyclic amines) is 1. The van der Waals surface area contributed by atoms with E-state index < -0.39 is 11.7 Å². The highest BCUT2D eigenvalue weighted by atomic mass is 35.5. The van der Waals surface area contributed by atoms with Crippen molar-refractivity contribution < 1.29 is 13.2 Å². The second-order valence-corrected chi connectivity index (χ2v) is 7.16. The minimum absolute atomic E-state index is 0. The summed E-state index contributed by atoms with van der Waals surface area (Å²) in [5, 5.41) is 0. The zero-order valence-corrected chi connectivity index (χ0v) is 16.2. The molecule has 3 aromatic rings. The molecule has 1 aliphatic rings. The fourth-order valence-corrected chi connectivity index (χ4v) is 3.86. The molecule has 2 heterocycles. The Morgan fingerprint density at radius 2 is 1.82 bits per heavy atom. The third-order valence-corrected chi connectivity index (χ3v) is 5.33. The standard InChI is InChI=1S/C20H21F3N4.ClH/c1-26-18-8-7-14(20(21,22)23)9-17(18)25-19(26)12-27-10-15(16(24)11-27)13-5-3-2-4-6-13;/h2-9,15-16H,10-12,24H2,1H3;1H/t15-,16+;/m0./s1. The van der Waals surface area contributed by atoms with Crippen LogP contribution in [0.25, 0.3) is 11.0 Å². The van der Waals surface area contributed by atoms with Crippen molar-refractivity contribution >= 4 is 23.4 Å². The molecule has 1 fully saturated rings. The number of rotatable bonds is 3. The van der Waals surface area contributed by atoms with E-state index in [1.807, 2.05) is 29.8 Å². The molecule has 2 aromatic carbocycles. The van der Waals surface area contributed by atoms with E-state index in [1.54, 1.807) is 0 Å². The highest BCUT2D eigenvalue weighted by molar-refractivity contribution is 5.85. The topological polar surface area (TPSA) is 47.1 Å². The van der Waals surface area contributed by atoms with Crippen LogP contribution in [-0.2, 0) is 19.8 Å². The van der Waals surface area contributed by atoms with Crippen LogP contribution in [0.5, 0.6) is 0 Å². The first kappa shape index (κ1) is 20.6. The molecule has 0 bridgehead atoms. The van der Waals surface area contributed by atoms with Gasteiger partial charge in [0, 0.05) is 32.1 Å². The third kappa shape index (κ3) is 3.87. The monoisotopic (exact) mass is 410 g/mol. The molecule has 4 rings (SSSR count). The van der Waals surface area contributed by atoms with Gasteiger partial charge in [0.1, 0.15) is 5.82 Å². The van der Waals surface area contributed by atoms with Gasteiger partial charge in [-0.3, -0.25) is 4.90 Å². The molecule has 0 unspecified atom stereocenters. The van der Waals surface area contributed by atoms with Crippen LogP contribution in [0.2, 0.25) is 0 Å². The molecule has 8 heteroatoms. The number of aromatic nitrogens is 2. The maximum absolute atomic E-state index is 12.9. The average molecular weight is 411 g/mol. The van der Waals surface area contributed by atoms with Gasteiger partial charge in [-0.2, -0.15) is 13.2 Å². The van der Waals surface area contributed by atoms with Crippen molar-refractivity contribution in [1.29, 1.82) is 0 Å². The first-order valence-corrected chi connectivity index (χ1v) is 8.88. The van der Waals surface area contributed by atoms with Gasteiger partial charge in [-0.1, -0.05) is 30.3 Å². The van der Waals surface area contributed by atoms with Crippen LogP contribution < -0.4 is 5.73 Å². The van der Waals surface area contributed by atoms with Crippen molar-refractivity contribution in [2.75, 3.05) is 13.1 Å². The van der Waals surface area contributed by atoms with Gasteiger partial charge in [0.2, 0.25) is 0 Å².